The molecule has 8 heteroatoms. The van der Waals surface area contributed by atoms with Crippen LogP contribution in [0.1, 0.15) is 0 Å². The van der Waals surface area contributed by atoms with Gasteiger partial charge in [0, 0.05) is 22.2 Å². The summed E-state index contributed by atoms with van der Waals surface area (Å²) in [6.07, 6.45) is -1.98. The van der Waals surface area contributed by atoms with Crippen LogP contribution in [-0.4, -0.2) is 79.9 Å². The van der Waals surface area contributed by atoms with Crippen molar-refractivity contribution < 1.29 is 25.5 Å². The van der Waals surface area contributed by atoms with Crippen LogP contribution in [-0.2, 0) is 0 Å². The van der Waals surface area contributed by atoms with Crippen LogP contribution in [0.15, 0.2) is 41.3 Å². The molecule has 1 aliphatic rings. The van der Waals surface area contributed by atoms with Gasteiger partial charge in [-0.3, -0.25) is 4.90 Å². The molecular formula is C16H22ClNO5S. The number of thioether (sulfide) groups is 1. The quantitative estimate of drug-likeness (QED) is 0.354. The van der Waals surface area contributed by atoms with E-state index in [1.54, 1.807) is 17.8 Å². The van der Waals surface area contributed by atoms with Crippen molar-refractivity contribution in [3.8, 4) is 0 Å². The summed E-state index contributed by atoms with van der Waals surface area (Å²) in [6.45, 7) is -0.205. The Kier molecular flexibility index (Phi) is 7.52. The van der Waals surface area contributed by atoms with E-state index in [4.69, 9.17) is 11.6 Å². The standard InChI is InChI=1S/C16H22ClNO5S/c17-10-3-5-11(6-4-10)24-8-2-1-7-18-12(9-19)13(20)14(21)15(22)16(18)23/h1-6,12-16,19-23H,7-9H2/b2-1+/t12-,13-,14+,15-,16?/m1/s1. The first-order valence-corrected chi connectivity index (χ1v) is 8.94. The van der Waals surface area contributed by atoms with Gasteiger partial charge in [-0.2, -0.15) is 0 Å². The smallest absolute Gasteiger partial charge is 0.136 e. The third kappa shape index (κ3) is 4.71. The van der Waals surface area contributed by atoms with Crippen molar-refractivity contribution in [3.63, 3.8) is 0 Å². The van der Waals surface area contributed by atoms with E-state index < -0.39 is 37.2 Å². The molecule has 1 aromatic rings. The maximum atomic E-state index is 10.0. The molecule has 1 fully saturated rings. The van der Waals surface area contributed by atoms with Crippen LogP contribution in [0.3, 0.4) is 0 Å². The average molecular weight is 376 g/mol. The molecule has 1 heterocycles. The van der Waals surface area contributed by atoms with Gasteiger partial charge in [0.1, 0.15) is 24.5 Å². The fourth-order valence-electron chi connectivity index (χ4n) is 2.59. The Hall–Kier alpha value is -0.640. The van der Waals surface area contributed by atoms with Crippen LogP contribution in [0.25, 0.3) is 0 Å². The van der Waals surface area contributed by atoms with Gasteiger partial charge in [-0.1, -0.05) is 23.8 Å². The van der Waals surface area contributed by atoms with E-state index >= 15 is 0 Å². The summed E-state index contributed by atoms with van der Waals surface area (Å²) in [5, 5.41) is 49.4. The zero-order valence-electron chi connectivity index (χ0n) is 12.9. The molecule has 1 aliphatic heterocycles. The van der Waals surface area contributed by atoms with Gasteiger partial charge in [0.25, 0.3) is 0 Å². The molecule has 6 nitrogen and oxygen atoms in total. The lowest BCUT2D eigenvalue weighted by Crippen LogP contribution is -2.67. The number of hydrogen-bond donors (Lipinski definition) is 5. The minimum absolute atomic E-state index is 0.231. The number of rotatable bonds is 6. The maximum Gasteiger partial charge on any atom is 0.136 e. The molecule has 2 rings (SSSR count). The zero-order chi connectivity index (χ0) is 17.7. The third-order valence-electron chi connectivity index (χ3n) is 4.00. The molecular weight excluding hydrogens is 354 g/mol. The first-order chi connectivity index (χ1) is 11.5. The van der Waals surface area contributed by atoms with Gasteiger partial charge in [0.2, 0.25) is 0 Å². The molecule has 0 aromatic heterocycles. The Bertz CT molecular complexity index is 544. The van der Waals surface area contributed by atoms with Crippen molar-refractivity contribution in [1.29, 1.82) is 0 Å². The maximum absolute atomic E-state index is 10.0. The Morgan fingerprint density at radius 3 is 2.29 bits per heavy atom. The number of aliphatic hydroxyl groups is 5. The number of aliphatic hydroxyl groups excluding tert-OH is 5. The molecule has 0 bridgehead atoms. The monoisotopic (exact) mass is 375 g/mol. The van der Waals surface area contributed by atoms with Crippen molar-refractivity contribution in [2.75, 3.05) is 18.9 Å². The van der Waals surface area contributed by atoms with Crippen molar-refractivity contribution in [3.05, 3.63) is 41.4 Å². The molecule has 0 amide bonds. The fraction of sp³-hybridized carbons (Fsp3) is 0.500. The van der Waals surface area contributed by atoms with Crippen LogP contribution >= 0.6 is 23.4 Å². The second kappa shape index (κ2) is 9.17. The first kappa shape index (κ1) is 19.7. The Morgan fingerprint density at radius 1 is 1.00 bits per heavy atom. The summed E-state index contributed by atoms with van der Waals surface area (Å²) in [4.78, 5) is 2.44. The number of benzene rings is 1. The average Bonchev–Trinajstić information content (AvgIpc) is 2.58. The molecule has 5 N–H and O–H groups in total. The Morgan fingerprint density at radius 2 is 1.67 bits per heavy atom. The van der Waals surface area contributed by atoms with Gasteiger partial charge >= 0.3 is 0 Å². The number of hydrogen-bond acceptors (Lipinski definition) is 7. The summed E-state index contributed by atoms with van der Waals surface area (Å²) in [5.74, 6) is 0.698. The second-order valence-electron chi connectivity index (χ2n) is 5.57. The van der Waals surface area contributed by atoms with E-state index in [-0.39, 0.29) is 6.54 Å². The van der Waals surface area contributed by atoms with E-state index in [0.29, 0.717) is 10.8 Å². The second-order valence-corrected chi connectivity index (χ2v) is 7.10. The predicted molar refractivity (Wildman–Crippen MR) is 92.9 cm³/mol. The molecule has 0 spiro atoms. The highest BCUT2D eigenvalue weighted by molar-refractivity contribution is 7.99. The van der Waals surface area contributed by atoms with E-state index in [0.717, 1.165) is 4.90 Å². The summed E-state index contributed by atoms with van der Waals surface area (Å²) >= 11 is 7.43. The number of likely N-dealkylation sites (tertiary alicyclic amines) is 1. The molecule has 0 saturated carbocycles. The lowest BCUT2D eigenvalue weighted by molar-refractivity contribution is -0.219. The molecule has 24 heavy (non-hydrogen) atoms. The molecule has 134 valence electrons. The lowest BCUT2D eigenvalue weighted by atomic mass is 9.93. The van der Waals surface area contributed by atoms with Gasteiger partial charge < -0.3 is 25.5 Å². The molecule has 0 aliphatic carbocycles. The number of halogens is 1. The van der Waals surface area contributed by atoms with Gasteiger partial charge in [-0.25, -0.2) is 0 Å². The molecule has 5 atom stereocenters. The van der Waals surface area contributed by atoms with E-state index in [2.05, 4.69) is 0 Å². The minimum atomic E-state index is -1.49. The van der Waals surface area contributed by atoms with Crippen molar-refractivity contribution in [2.24, 2.45) is 0 Å². The first-order valence-electron chi connectivity index (χ1n) is 7.58. The van der Waals surface area contributed by atoms with Crippen LogP contribution in [0, 0.1) is 0 Å². The van der Waals surface area contributed by atoms with Gasteiger partial charge in [-0.05, 0) is 24.3 Å². The highest BCUT2D eigenvalue weighted by atomic mass is 35.5. The topological polar surface area (TPSA) is 104 Å². The molecule has 1 aromatic carbocycles. The Labute approximate surface area is 150 Å². The van der Waals surface area contributed by atoms with E-state index in [1.807, 2.05) is 30.3 Å². The predicted octanol–water partition coefficient (Wildman–Crippen LogP) is 0.0659. The SMILES string of the molecule is OC[C@@H]1[C@@H](O)[C@H](O)[C@@H](O)C(O)N1C/C=C/CSc1ccc(Cl)cc1. The molecule has 1 saturated heterocycles. The van der Waals surface area contributed by atoms with Crippen LogP contribution in [0.5, 0.6) is 0 Å². The van der Waals surface area contributed by atoms with Crippen LogP contribution in [0.2, 0.25) is 5.02 Å². The van der Waals surface area contributed by atoms with Crippen molar-refractivity contribution in [1.82, 2.24) is 4.90 Å². The molecule has 1 unspecified atom stereocenters. The summed E-state index contributed by atoms with van der Waals surface area (Å²) in [6, 6.07) is 6.64. The normalized spacial score (nSPS) is 31.7. The van der Waals surface area contributed by atoms with Crippen molar-refractivity contribution in [2.45, 2.75) is 35.5 Å². The van der Waals surface area contributed by atoms with Crippen molar-refractivity contribution >= 4 is 23.4 Å². The van der Waals surface area contributed by atoms with Gasteiger partial charge in [0.15, 0.2) is 0 Å². The fourth-order valence-corrected chi connectivity index (χ4v) is 3.47. The van der Waals surface area contributed by atoms with Crippen LogP contribution < -0.4 is 0 Å². The number of piperidine rings is 1. The zero-order valence-corrected chi connectivity index (χ0v) is 14.5. The van der Waals surface area contributed by atoms with E-state index in [1.165, 1.54) is 4.90 Å². The summed E-state index contributed by atoms with van der Waals surface area (Å²) < 4.78 is 0. The molecule has 0 radical (unpaired) electrons. The summed E-state index contributed by atoms with van der Waals surface area (Å²) in [5.41, 5.74) is 0. The van der Waals surface area contributed by atoms with Gasteiger partial charge in [-0.15, -0.1) is 11.8 Å². The minimum Gasteiger partial charge on any atom is -0.395 e. The van der Waals surface area contributed by atoms with Crippen LogP contribution in [0.4, 0.5) is 0 Å². The highest BCUT2D eigenvalue weighted by Gasteiger charge is 2.46. The van der Waals surface area contributed by atoms with E-state index in [9.17, 15) is 25.5 Å². The lowest BCUT2D eigenvalue weighted by Gasteiger charge is -2.46. The number of nitrogens with zero attached hydrogens (tertiary/aromatic N) is 1. The Balaban J connectivity index is 1.87. The summed E-state index contributed by atoms with van der Waals surface area (Å²) in [7, 11) is 0. The van der Waals surface area contributed by atoms with Gasteiger partial charge in [0.05, 0.1) is 12.6 Å². The third-order valence-corrected chi connectivity index (χ3v) is 5.21. The highest BCUT2D eigenvalue weighted by Crippen LogP contribution is 2.23. The largest absolute Gasteiger partial charge is 0.395 e.